The number of rotatable bonds is 9. The third-order valence-corrected chi connectivity index (χ3v) is 10.1. The first kappa shape index (κ1) is 27.2. The fraction of sp³-hybridized carbons (Fsp3) is 0.606. The number of carbonyl (C=O) groups excluding carboxylic acids is 1. The summed E-state index contributed by atoms with van der Waals surface area (Å²) < 4.78 is 15.9. The minimum atomic E-state index is -0.966. The first-order chi connectivity index (χ1) is 18.3. The van der Waals surface area contributed by atoms with Crippen molar-refractivity contribution in [1.29, 1.82) is 0 Å². The molecule has 2 N–H and O–H groups in total. The number of aliphatic hydroxyl groups excluding tert-OH is 1. The third-order valence-electron chi connectivity index (χ3n) is 10.1. The van der Waals surface area contributed by atoms with Crippen LogP contribution in [0.2, 0.25) is 0 Å². The second-order valence-corrected chi connectivity index (χ2v) is 12.4. The fourth-order valence-corrected chi connectivity index (χ4v) is 8.24. The molecule has 3 aliphatic carbocycles. The Balaban J connectivity index is 1.26. The van der Waals surface area contributed by atoms with Crippen LogP contribution >= 0.6 is 0 Å². The van der Waals surface area contributed by atoms with Crippen molar-refractivity contribution in [3.63, 3.8) is 0 Å². The minimum absolute atomic E-state index is 0.142. The molecular formula is C33H44FNO3. The highest BCUT2D eigenvalue weighted by atomic mass is 19.1. The number of unbranched alkanes of at least 4 members (excludes halogenated alkanes) is 2. The Hall–Kier alpha value is -2.40. The molecule has 1 amide bonds. The van der Waals surface area contributed by atoms with Gasteiger partial charge >= 0.3 is 0 Å². The minimum Gasteiger partial charge on any atom is -0.508 e. The number of phenolic OH excluding ortho intramolecular Hbond substituents is 1. The Morgan fingerprint density at radius 2 is 1.89 bits per heavy atom. The van der Waals surface area contributed by atoms with Crippen LogP contribution in [0, 0.1) is 23.2 Å². The van der Waals surface area contributed by atoms with E-state index in [9.17, 15) is 15.0 Å². The maximum absolute atomic E-state index is 15.9. The second-order valence-electron chi connectivity index (χ2n) is 12.4. The first-order valence-electron chi connectivity index (χ1n) is 14.8. The zero-order valence-corrected chi connectivity index (χ0v) is 23.0. The van der Waals surface area contributed by atoms with Crippen molar-refractivity contribution in [3.05, 3.63) is 65.2 Å². The van der Waals surface area contributed by atoms with E-state index in [0.717, 1.165) is 68.2 Å². The van der Waals surface area contributed by atoms with Gasteiger partial charge in [0.1, 0.15) is 11.9 Å². The van der Waals surface area contributed by atoms with E-state index in [2.05, 4.69) is 19.1 Å². The summed E-state index contributed by atoms with van der Waals surface area (Å²) in [5.41, 5.74) is 2.99. The van der Waals surface area contributed by atoms with E-state index in [1.165, 1.54) is 0 Å². The summed E-state index contributed by atoms with van der Waals surface area (Å²) in [5, 5.41) is 21.0. The molecule has 0 aliphatic heterocycles. The van der Waals surface area contributed by atoms with Crippen LogP contribution in [0.5, 0.6) is 5.75 Å². The number of halogens is 1. The number of alkyl halides is 1. The van der Waals surface area contributed by atoms with Gasteiger partial charge in [-0.2, -0.15) is 0 Å². The lowest BCUT2D eigenvalue weighted by Crippen LogP contribution is -2.51. The van der Waals surface area contributed by atoms with Crippen LogP contribution in [0.25, 0.3) is 0 Å². The molecule has 38 heavy (non-hydrogen) atoms. The van der Waals surface area contributed by atoms with Gasteiger partial charge in [-0.05, 0) is 90.5 Å². The van der Waals surface area contributed by atoms with Gasteiger partial charge in [-0.25, -0.2) is 4.39 Å². The maximum Gasteiger partial charge on any atom is 0.222 e. The summed E-state index contributed by atoms with van der Waals surface area (Å²) in [6.07, 6.45) is 6.24. The largest absolute Gasteiger partial charge is 0.508 e. The number of aromatic hydroxyl groups is 1. The molecule has 5 heteroatoms. The van der Waals surface area contributed by atoms with Gasteiger partial charge in [0.05, 0.1) is 6.10 Å². The molecule has 2 fully saturated rings. The van der Waals surface area contributed by atoms with Crippen molar-refractivity contribution in [1.82, 2.24) is 4.90 Å². The van der Waals surface area contributed by atoms with Gasteiger partial charge in [-0.1, -0.05) is 63.1 Å². The van der Waals surface area contributed by atoms with Crippen LogP contribution in [-0.4, -0.2) is 39.8 Å². The van der Waals surface area contributed by atoms with E-state index in [0.29, 0.717) is 31.2 Å². The summed E-state index contributed by atoms with van der Waals surface area (Å²) in [6.45, 7) is 5.45. The van der Waals surface area contributed by atoms with E-state index < -0.39 is 12.3 Å². The van der Waals surface area contributed by atoms with E-state index in [1.807, 2.05) is 42.2 Å². The number of hydrogen-bond acceptors (Lipinski definition) is 3. The molecule has 3 aliphatic rings. The summed E-state index contributed by atoms with van der Waals surface area (Å²) in [6, 6.07) is 15.7. The molecular weight excluding hydrogens is 477 g/mol. The second kappa shape index (κ2) is 11.4. The van der Waals surface area contributed by atoms with Crippen molar-refractivity contribution in [2.24, 2.45) is 23.2 Å². The lowest BCUT2D eigenvalue weighted by molar-refractivity contribution is -0.131. The number of nitrogens with zero attached hydrogens (tertiary/aromatic N) is 1. The predicted molar refractivity (Wildman–Crippen MR) is 149 cm³/mol. The van der Waals surface area contributed by atoms with E-state index >= 15 is 4.39 Å². The van der Waals surface area contributed by atoms with Gasteiger partial charge < -0.3 is 15.1 Å². The molecule has 2 aromatic carbocycles. The van der Waals surface area contributed by atoms with Gasteiger partial charge in [0, 0.05) is 25.4 Å². The molecule has 0 bridgehead atoms. The molecule has 4 nitrogen and oxygen atoms in total. The Labute approximate surface area is 227 Å². The number of fused-ring (bicyclic) bond motifs is 5. The van der Waals surface area contributed by atoms with Crippen molar-refractivity contribution >= 4 is 5.91 Å². The van der Waals surface area contributed by atoms with Crippen molar-refractivity contribution in [3.8, 4) is 5.75 Å². The van der Waals surface area contributed by atoms with Crippen LogP contribution in [-0.2, 0) is 17.8 Å². The number of benzene rings is 2. The molecule has 2 saturated carbocycles. The van der Waals surface area contributed by atoms with Crippen LogP contribution in [0.3, 0.4) is 0 Å². The van der Waals surface area contributed by atoms with Gasteiger partial charge in [0.2, 0.25) is 5.91 Å². The number of carbonyl (C=O) groups is 1. The van der Waals surface area contributed by atoms with Crippen molar-refractivity contribution in [2.75, 3.05) is 6.54 Å². The zero-order valence-electron chi connectivity index (χ0n) is 23.0. The topological polar surface area (TPSA) is 60.8 Å². The number of phenols is 1. The molecule has 0 aromatic heterocycles. The molecule has 0 saturated heterocycles. The molecule has 3 unspecified atom stereocenters. The van der Waals surface area contributed by atoms with Crippen LogP contribution in [0.1, 0.15) is 87.8 Å². The molecule has 206 valence electrons. The van der Waals surface area contributed by atoms with Crippen LogP contribution in [0.4, 0.5) is 4.39 Å². The molecule has 0 heterocycles. The number of aliphatic hydroxyl groups is 1. The predicted octanol–water partition coefficient (Wildman–Crippen LogP) is 6.78. The lowest BCUT2D eigenvalue weighted by Gasteiger charge is -2.54. The van der Waals surface area contributed by atoms with E-state index in [1.54, 1.807) is 6.07 Å². The molecule has 0 radical (unpaired) electrons. The average Bonchev–Trinajstić information content (AvgIpc) is 3.20. The summed E-state index contributed by atoms with van der Waals surface area (Å²) in [7, 11) is 0. The molecule has 2 aromatic rings. The Kier molecular flexibility index (Phi) is 8.14. The summed E-state index contributed by atoms with van der Waals surface area (Å²) in [5.74, 6) is 1.22. The Bertz CT molecular complexity index is 1110. The quantitative estimate of drug-likeness (QED) is 0.358. The highest BCUT2D eigenvalue weighted by Crippen LogP contribution is 2.63. The van der Waals surface area contributed by atoms with Crippen molar-refractivity contribution in [2.45, 2.75) is 96.4 Å². The Morgan fingerprint density at radius 1 is 1.11 bits per heavy atom. The highest BCUT2D eigenvalue weighted by Gasteiger charge is 2.59. The third kappa shape index (κ3) is 5.23. The van der Waals surface area contributed by atoms with Crippen molar-refractivity contribution < 1.29 is 19.4 Å². The molecule has 7 atom stereocenters. The molecule has 5 rings (SSSR count). The van der Waals surface area contributed by atoms with Gasteiger partial charge in [-0.15, -0.1) is 0 Å². The highest BCUT2D eigenvalue weighted by molar-refractivity contribution is 5.75. The number of amides is 1. The SMILES string of the molecule is CCC(=O)N(CCCCC[C@@H]1Cc2cc(O)ccc2C2C1C1CC[C@H](O)[C@@]1(C)C[C@@H]2F)Cc1ccccc1. The van der Waals surface area contributed by atoms with E-state index in [4.69, 9.17) is 0 Å². The van der Waals surface area contributed by atoms with Gasteiger partial charge in [0.15, 0.2) is 0 Å². The average molecular weight is 522 g/mol. The van der Waals surface area contributed by atoms with Gasteiger partial charge in [-0.3, -0.25) is 4.79 Å². The smallest absolute Gasteiger partial charge is 0.222 e. The lowest BCUT2D eigenvalue weighted by atomic mass is 9.51. The summed E-state index contributed by atoms with van der Waals surface area (Å²) in [4.78, 5) is 14.5. The molecule has 0 spiro atoms. The standard InChI is InChI=1S/C33H44FNO3/c1-3-30(38)35(21-22-10-6-4-7-11-22)17-9-5-8-12-23-18-24-19-25(36)13-14-26(24)32-28(34)20-33(2)27(31(23)32)15-16-29(33)37/h4,6-7,10-11,13-14,19,23,27-29,31-32,36-37H,3,5,8-9,12,15-18,20-21H2,1-2H3/t23-,27?,28+,29+,31?,32?,33+/m1/s1. The maximum atomic E-state index is 15.9. The first-order valence-corrected chi connectivity index (χ1v) is 14.8. The number of hydrogen-bond donors (Lipinski definition) is 2. The Morgan fingerprint density at radius 3 is 2.66 bits per heavy atom. The zero-order chi connectivity index (χ0) is 26.9. The van der Waals surface area contributed by atoms with Crippen LogP contribution < -0.4 is 0 Å². The monoisotopic (exact) mass is 521 g/mol. The van der Waals surface area contributed by atoms with Gasteiger partial charge in [0.25, 0.3) is 0 Å². The normalized spacial score (nSPS) is 31.8. The fourth-order valence-electron chi connectivity index (χ4n) is 8.24. The van der Waals surface area contributed by atoms with E-state index in [-0.39, 0.29) is 28.9 Å². The summed E-state index contributed by atoms with van der Waals surface area (Å²) >= 11 is 0. The van der Waals surface area contributed by atoms with Crippen LogP contribution in [0.15, 0.2) is 48.5 Å².